The Morgan fingerprint density at radius 3 is 2.43 bits per heavy atom. The molecule has 1 aromatic rings. The highest BCUT2D eigenvalue weighted by Gasteiger charge is 1.99. The molecule has 74 valence electrons. The van der Waals surface area contributed by atoms with Gasteiger partial charge in [0, 0.05) is 5.69 Å². The van der Waals surface area contributed by atoms with E-state index < -0.39 is 5.97 Å². The van der Waals surface area contributed by atoms with Crippen LogP contribution in [-0.4, -0.2) is 16.1 Å². The molecule has 3 nitrogen and oxygen atoms in total. The molecule has 0 spiro atoms. The van der Waals surface area contributed by atoms with Gasteiger partial charge in [-0.05, 0) is 24.6 Å². The molecule has 0 fully saturated rings. The van der Waals surface area contributed by atoms with Gasteiger partial charge >= 0.3 is 5.97 Å². The molecule has 0 saturated heterocycles. The Labute approximate surface area is 87.8 Å². The van der Waals surface area contributed by atoms with Crippen LogP contribution in [0.4, 0.5) is 5.69 Å². The Morgan fingerprint density at radius 2 is 2.00 bits per heavy atom. The van der Waals surface area contributed by atoms with Crippen LogP contribution < -0.4 is 5.32 Å². The second-order valence-electron chi connectivity index (χ2n) is 2.95. The summed E-state index contributed by atoms with van der Waals surface area (Å²) in [6, 6.07) is 7.17. The molecule has 2 N–H and O–H groups in total. The van der Waals surface area contributed by atoms with Crippen molar-refractivity contribution in [2.75, 3.05) is 5.32 Å². The van der Waals surface area contributed by atoms with Gasteiger partial charge in [-0.2, -0.15) is 0 Å². The monoisotopic (exact) mass is 209 g/mol. The van der Waals surface area contributed by atoms with Crippen LogP contribution in [0.2, 0.25) is 0 Å². The molecule has 0 radical (unpaired) electrons. The summed E-state index contributed by atoms with van der Waals surface area (Å²) < 4.78 is 0. The highest BCUT2D eigenvalue weighted by atomic mass is 32.1. The number of carboxylic acids is 1. The van der Waals surface area contributed by atoms with Crippen LogP contribution >= 0.6 is 12.2 Å². The van der Waals surface area contributed by atoms with Crippen molar-refractivity contribution in [1.29, 1.82) is 0 Å². The zero-order valence-electron chi connectivity index (χ0n) is 7.78. The zero-order chi connectivity index (χ0) is 10.6. The fourth-order valence-electron chi connectivity index (χ4n) is 1.08. The Hall–Kier alpha value is -1.42. The van der Waals surface area contributed by atoms with E-state index in [1.807, 2.05) is 12.1 Å². The van der Waals surface area contributed by atoms with Crippen LogP contribution in [0, 0.1) is 0 Å². The highest BCUT2D eigenvalue weighted by molar-refractivity contribution is 7.80. The van der Waals surface area contributed by atoms with E-state index >= 15 is 0 Å². The Bertz CT molecular complexity index is 311. The molecule has 0 atom stereocenters. The van der Waals surface area contributed by atoms with Gasteiger partial charge in [-0.25, -0.2) is 0 Å². The molecule has 4 heteroatoms. The molecule has 0 heterocycles. The largest absolute Gasteiger partial charge is 0.481 e. The van der Waals surface area contributed by atoms with Crippen molar-refractivity contribution in [1.82, 2.24) is 0 Å². The summed E-state index contributed by atoms with van der Waals surface area (Å²) >= 11 is 4.88. The Morgan fingerprint density at radius 1 is 1.43 bits per heavy atom. The van der Waals surface area contributed by atoms with Gasteiger partial charge in [0.25, 0.3) is 0 Å². The van der Waals surface area contributed by atoms with E-state index in [1.165, 1.54) is 0 Å². The van der Waals surface area contributed by atoms with Crippen molar-refractivity contribution in [3.63, 3.8) is 0 Å². The number of carbonyl (C=O) groups is 1. The van der Waals surface area contributed by atoms with Crippen molar-refractivity contribution >= 4 is 28.9 Å². The van der Waals surface area contributed by atoms with Gasteiger partial charge < -0.3 is 10.4 Å². The fraction of sp³-hybridized carbons (Fsp3) is 0.200. The molecule has 0 bridgehead atoms. The highest BCUT2D eigenvalue weighted by Crippen LogP contribution is 2.10. The molecule has 0 aliphatic rings. The smallest absolute Gasteiger partial charge is 0.307 e. The number of nitrogens with one attached hydrogen (secondary N) is 1. The zero-order valence-corrected chi connectivity index (χ0v) is 8.60. The molecule has 0 saturated carbocycles. The first-order chi connectivity index (χ1) is 6.58. The molecule has 0 aliphatic carbocycles. The minimum atomic E-state index is -0.822. The average Bonchev–Trinajstić information content (AvgIpc) is 2.06. The average molecular weight is 209 g/mol. The van der Waals surface area contributed by atoms with E-state index in [0.29, 0.717) is 4.99 Å². The van der Waals surface area contributed by atoms with E-state index in [0.717, 1.165) is 11.3 Å². The molecule has 0 aliphatic heterocycles. The topological polar surface area (TPSA) is 49.3 Å². The number of benzene rings is 1. The quantitative estimate of drug-likeness (QED) is 0.748. The second kappa shape index (κ2) is 4.72. The molecule has 0 aromatic heterocycles. The summed E-state index contributed by atoms with van der Waals surface area (Å²) in [5.74, 6) is -0.822. The maximum absolute atomic E-state index is 10.4. The van der Waals surface area contributed by atoms with Crippen molar-refractivity contribution in [3.8, 4) is 0 Å². The van der Waals surface area contributed by atoms with Gasteiger partial charge in [0.1, 0.15) is 0 Å². The maximum atomic E-state index is 10.4. The van der Waals surface area contributed by atoms with Crippen LogP contribution in [0.25, 0.3) is 0 Å². The predicted molar refractivity (Wildman–Crippen MR) is 59.7 cm³/mol. The van der Waals surface area contributed by atoms with Crippen LogP contribution in [0.1, 0.15) is 12.5 Å². The lowest BCUT2D eigenvalue weighted by molar-refractivity contribution is -0.136. The minimum Gasteiger partial charge on any atom is -0.481 e. The summed E-state index contributed by atoms with van der Waals surface area (Å²) in [7, 11) is 0. The third kappa shape index (κ3) is 3.53. The lowest BCUT2D eigenvalue weighted by Gasteiger charge is -2.04. The first kappa shape index (κ1) is 10.7. The number of thiocarbonyl (C=S) groups is 1. The summed E-state index contributed by atoms with van der Waals surface area (Å²) in [4.78, 5) is 11.1. The third-order valence-electron chi connectivity index (χ3n) is 1.63. The lowest BCUT2D eigenvalue weighted by atomic mass is 10.1. The first-order valence-electron chi connectivity index (χ1n) is 4.16. The summed E-state index contributed by atoms with van der Waals surface area (Å²) in [5.41, 5.74) is 1.66. The van der Waals surface area contributed by atoms with Gasteiger partial charge in [0.2, 0.25) is 0 Å². The van der Waals surface area contributed by atoms with Gasteiger partial charge in [-0.1, -0.05) is 24.4 Å². The van der Waals surface area contributed by atoms with Gasteiger partial charge in [-0.3, -0.25) is 4.79 Å². The van der Waals surface area contributed by atoms with E-state index in [9.17, 15) is 4.79 Å². The van der Waals surface area contributed by atoms with Gasteiger partial charge in [0.15, 0.2) is 0 Å². The van der Waals surface area contributed by atoms with Crippen molar-refractivity contribution in [2.24, 2.45) is 0 Å². The molecule has 14 heavy (non-hydrogen) atoms. The molecule has 1 rings (SSSR count). The molecule has 1 aromatic carbocycles. The van der Waals surface area contributed by atoms with Crippen molar-refractivity contribution in [3.05, 3.63) is 29.8 Å². The fourth-order valence-corrected chi connectivity index (χ4v) is 1.20. The first-order valence-corrected chi connectivity index (χ1v) is 4.57. The predicted octanol–water partition coefficient (Wildman–Crippen LogP) is 2.07. The van der Waals surface area contributed by atoms with E-state index in [1.54, 1.807) is 19.1 Å². The summed E-state index contributed by atoms with van der Waals surface area (Å²) in [6.45, 7) is 1.79. The van der Waals surface area contributed by atoms with Crippen LogP contribution in [-0.2, 0) is 11.2 Å². The molecule has 0 unspecified atom stereocenters. The van der Waals surface area contributed by atoms with Crippen LogP contribution in [0.5, 0.6) is 0 Å². The van der Waals surface area contributed by atoms with E-state index in [-0.39, 0.29) is 6.42 Å². The van der Waals surface area contributed by atoms with Gasteiger partial charge in [-0.15, -0.1) is 0 Å². The maximum Gasteiger partial charge on any atom is 0.307 e. The summed E-state index contributed by atoms with van der Waals surface area (Å²) in [6.07, 6.45) is 0.0524. The molecular formula is C10H11NO2S. The second-order valence-corrected chi connectivity index (χ2v) is 3.56. The molecular weight excluding hydrogens is 198 g/mol. The van der Waals surface area contributed by atoms with Gasteiger partial charge in [0.05, 0.1) is 11.4 Å². The number of aliphatic carboxylic acids is 1. The van der Waals surface area contributed by atoms with Crippen molar-refractivity contribution < 1.29 is 9.90 Å². The SMILES string of the molecule is CC(=S)Nc1ccc(CC(=O)O)cc1. The normalized spacial score (nSPS) is 9.50. The van der Waals surface area contributed by atoms with E-state index in [2.05, 4.69) is 5.32 Å². The number of hydrogen-bond donors (Lipinski definition) is 2. The number of rotatable bonds is 3. The Kier molecular flexibility index (Phi) is 3.59. The number of carboxylic acid groups (broad SMARTS) is 1. The minimum absolute atomic E-state index is 0.0524. The number of hydrogen-bond acceptors (Lipinski definition) is 2. The third-order valence-corrected chi connectivity index (χ3v) is 1.73. The molecule has 0 amide bonds. The Balaban J connectivity index is 2.68. The van der Waals surface area contributed by atoms with E-state index in [4.69, 9.17) is 17.3 Å². The van der Waals surface area contributed by atoms with Crippen molar-refractivity contribution in [2.45, 2.75) is 13.3 Å². The number of anilines is 1. The standard InChI is InChI=1S/C10H11NO2S/c1-7(14)11-9-4-2-8(3-5-9)6-10(12)13/h2-5H,6H2,1H3,(H,11,14)(H,12,13). The van der Waals surface area contributed by atoms with Crippen LogP contribution in [0.3, 0.4) is 0 Å². The van der Waals surface area contributed by atoms with Crippen LogP contribution in [0.15, 0.2) is 24.3 Å². The summed E-state index contributed by atoms with van der Waals surface area (Å²) in [5, 5.41) is 11.5. The lowest BCUT2D eigenvalue weighted by Crippen LogP contribution is -2.04.